The van der Waals surface area contributed by atoms with Gasteiger partial charge < -0.3 is 4.89 Å². The average Bonchev–Trinajstić information content (AvgIpc) is 2.50. The zero-order valence-corrected chi connectivity index (χ0v) is 11.8. The fraction of sp³-hybridized carbons (Fsp3) is 0.333. The molecule has 20 heavy (non-hydrogen) atoms. The highest BCUT2D eigenvalue weighted by molar-refractivity contribution is 5.37. The Morgan fingerprint density at radius 2 is 1.55 bits per heavy atom. The molecule has 1 heterocycles. The first-order chi connectivity index (χ1) is 9.97. The molecule has 0 spiro atoms. The molecule has 0 aromatic heterocycles. The van der Waals surface area contributed by atoms with Crippen molar-refractivity contribution in [2.24, 2.45) is 0 Å². The van der Waals surface area contributed by atoms with Gasteiger partial charge >= 0.3 is 0 Å². The highest BCUT2D eigenvalue weighted by Gasteiger charge is 2.05. The zero-order chi connectivity index (χ0) is 13.9. The van der Waals surface area contributed by atoms with Gasteiger partial charge in [-0.1, -0.05) is 48.6 Å². The maximum atomic E-state index is 5.11. The molecule has 0 N–H and O–H groups in total. The third-order valence-corrected chi connectivity index (χ3v) is 3.31. The normalized spacial score (nSPS) is 32.4. The molecule has 0 amide bonds. The third kappa shape index (κ3) is 5.45. The van der Waals surface area contributed by atoms with Crippen molar-refractivity contribution >= 4 is 0 Å². The molecule has 2 rings (SSSR count). The summed E-state index contributed by atoms with van der Waals surface area (Å²) in [5, 5.41) is 0. The minimum Gasteiger partial charge on any atom is -0.345 e. The summed E-state index contributed by atoms with van der Waals surface area (Å²) in [6.45, 7) is 0.574. The van der Waals surface area contributed by atoms with Crippen LogP contribution in [0.4, 0.5) is 0 Å². The van der Waals surface area contributed by atoms with Gasteiger partial charge in [-0.3, -0.25) is 0 Å². The van der Waals surface area contributed by atoms with Crippen LogP contribution < -0.4 is 0 Å². The Morgan fingerprint density at radius 3 is 2.45 bits per heavy atom. The molecular weight excluding hydrogens is 248 g/mol. The molecule has 0 saturated carbocycles. The van der Waals surface area contributed by atoms with E-state index < -0.39 is 0 Å². The van der Waals surface area contributed by atoms with E-state index in [4.69, 9.17) is 9.78 Å². The maximum absolute atomic E-state index is 5.11. The van der Waals surface area contributed by atoms with Crippen molar-refractivity contribution in [1.29, 1.82) is 0 Å². The lowest BCUT2D eigenvalue weighted by Crippen LogP contribution is -1.99. The van der Waals surface area contributed by atoms with Gasteiger partial charge in [0.25, 0.3) is 0 Å². The molecule has 0 saturated heterocycles. The van der Waals surface area contributed by atoms with Crippen molar-refractivity contribution in [3.63, 3.8) is 0 Å². The highest BCUT2D eigenvalue weighted by atomic mass is 17.2. The SMILES string of the molecule is C1=C\C=C(\C2=C\C=C/C=C\OOCC2)CCCC\C=C/1. The lowest BCUT2D eigenvalue weighted by atomic mass is 9.95. The molecule has 0 aromatic carbocycles. The monoisotopic (exact) mass is 270 g/mol. The van der Waals surface area contributed by atoms with E-state index in [2.05, 4.69) is 42.5 Å². The highest BCUT2D eigenvalue weighted by Crippen LogP contribution is 2.22. The molecule has 1 aliphatic carbocycles. The molecule has 1 aliphatic heterocycles. The van der Waals surface area contributed by atoms with Gasteiger partial charge in [0.15, 0.2) is 0 Å². The molecule has 0 aromatic rings. The molecular formula is C18H22O2. The molecule has 0 atom stereocenters. The molecule has 0 bridgehead atoms. The Bertz CT molecular complexity index is 418. The molecule has 0 fully saturated rings. The van der Waals surface area contributed by atoms with Crippen molar-refractivity contribution in [2.75, 3.05) is 6.61 Å². The lowest BCUT2D eigenvalue weighted by Gasteiger charge is -2.12. The summed E-state index contributed by atoms with van der Waals surface area (Å²) in [6.07, 6.45) is 26.0. The fourth-order valence-electron chi connectivity index (χ4n) is 2.24. The van der Waals surface area contributed by atoms with Crippen LogP contribution in [0.25, 0.3) is 0 Å². The summed E-state index contributed by atoms with van der Waals surface area (Å²) in [5.41, 5.74) is 2.73. The number of hydrogen-bond donors (Lipinski definition) is 0. The van der Waals surface area contributed by atoms with Gasteiger partial charge in [0, 0.05) is 6.42 Å². The van der Waals surface area contributed by atoms with Crippen molar-refractivity contribution in [3.05, 3.63) is 72.1 Å². The minimum atomic E-state index is 0.574. The van der Waals surface area contributed by atoms with Crippen LogP contribution in [0.15, 0.2) is 72.1 Å². The predicted octanol–water partition coefficient (Wildman–Crippen LogP) is 4.95. The average molecular weight is 270 g/mol. The second kappa shape index (κ2) is 9.16. The van der Waals surface area contributed by atoms with E-state index in [9.17, 15) is 0 Å². The van der Waals surface area contributed by atoms with Gasteiger partial charge in [-0.2, -0.15) is 4.89 Å². The maximum Gasteiger partial charge on any atom is 0.129 e. The first kappa shape index (κ1) is 14.6. The van der Waals surface area contributed by atoms with Gasteiger partial charge in [-0.15, -0.1) is 0 Å². The van der Waals surface area contributed by atoms with Gasteiger partial charge in [0.05, 0.1) is 6.61 Å². The van der Waals surface area contributed by atoms with E-state index in [0.717, 1.165) is 19.3 Å². The fourth-order valence-corrected chi connectivity index (χ4v) is 2.24. The van der Waals surface area contributed by atoms with Crippen molar-refractivity contribution < 1.29 is 9.78 Å². The first-order valence-electron chi connectivity index (χ1n) is 7.30. The minimum absolute atomic E-state index is 0.574. The Kier molecular flexibility index (Phi) is 6.69. The van der Waals surface area contributed by atoms with E-state index >= 15 is 0 Å². The van der Waals surface area contributed by atoms with E-state index in [0.29, 0.717) is 6.61 Å². The van der Waals surface area contributed by atoms with E-state index in [1.807, 2.05) is 12.2 Å². The van der Waals surface area contributed by atoms with Gasteiger partial charge in [-0.25, -0.2) is 0 Å². The van der Waals surface area contributed by atoms with Crippen LogP contribution in [0.5, 0.6) is 0 Å². The molecule has 0 radical (unpaired) electrons. The van der Waals surface area contributed by atoms with E-state index in [1.165, 1.54) is 24.0 Å². The lowest BCUT2D eigenvalue weighted by molar-refractivity contribution is -0.247. The molecule has 0 unspecified atom stereocenters. The molecule has 2 heteroatoms. The summed E-state index contributed by atoms with van der Waals surface area (Å²) in [4.78, 5) is 10.0. The molecule has 106 valence electrons. The van der Waals surface area contributed by atoms with Crippen LogP contribution in [0.3, 0.4) is 0 Å². The number of allylic oxidation sites excluding steroid dienone is 10. The predicted molar refractivity (Wildman–Crippen MR) is 82.8 cm³/mol. The summed E-state index contributed by atoms with van der Waals surface area (Å²) in [7, 11) is 0. The van der Waals surface area contributed by atoms with Gasteiger partial charge in [0.2, 0.25) is 0 Å². The van der Waals surface area contributed by atoms with Crippen LogP contribution in [0.1, 0.15) is 32.1 Å². The summed E-state index contributed by atoms with van der Waals surface area (Å²) in [5.74, 6) is 0. The topological polar surface area (TPSA) is 18.5 Å². The Labute approximate surface area is 121 Å². The number of hydrogen-bond acceptors (Lipinski definition) is 2. The second-order valence-corrected chi connectivity index (χ2v) is 4.82. The van der Waals surface area contributed by atoms with Crippen molar-refractivity contribution in [2.45, 2.75) is 32.1 Å². The quantitative estimate of drug-likeness (QED) is 0.628. The smallest absolute Gasteiger partial charge is 0.129 e. The van der Waals surface area contributed by atoms with Crippen molar-refractivity contribution in [3.8, 4) is 0 Å². The van der Waals surface area contributed by atoms with Crippen LogP contribution in [-0.4, -0.2) is 6.61 Å². The molecule has 2 aliphatic rings. The van der Waals surface area contributed by atoms with Crippen molar-refractivity contribution in [1.82, 2.24) is 0 Å². The third-order valence-electron chi connectivity index (χ3n) is 3.31. The summed E-state index contributed by atoms with van der Waals surface area (Å²) < 4.78 is 0. The van der Waals surface area contributed by atoms with E-state index in [1.54, 1.807) is 6.26 Å². The van der Waals surface area contributed by atoms with Crippen LogP contribution in [0, 0.1) is 0 Å². The second-order valence-electron chi connectivity index (χ2n) is 4.82. The summed E-state index contributed by atoms with van der Waals surface area (Å²) in [6, 6.07) is 0. The van der Waals surface area contributed by atoms with Gasteiger partial charge in [0.1, 0.15) is 6.26 Å². The standard InChI is InChI=1S/C18H22O2/c1-2-4-7-11-17(12-8-5-3-1)18-13-9-6-10-15-19-20-16-14-18/h1-2,4,6-7,9-11,13,15H,3,5,8,12,14,16H2/b2-1-,7-4-,9-6-,15-10-,17-11+,18-13+. The largest absolute Gasteiger partial charge is 0.345 e. The first-order valence-corrected chi connectivity index (χ1v) is 7.30. The van der Waals surface area contributed by atoms with Crippen LogP contribution in [0.2, 0.25) is 0 Å². The van der Waals surface area contributed by atoms with Crippen LogP contribution in [-0.2, 0) is 9.78 Å². The Hall–Kier alpha value is -1.80. The summed E-state index contributed by atoms with van der Waals surface area (Å²) >= 11 is 0. The number of rotatable bonds is 1. The molecule has 2 nitrogen and oxygen atoms in total. The van der Waals surface area contributed by atoms with E-state index in [-0.39, 0.29) is 0 Å². The Balaban J connectivity index is 2.15. The zero-order valence-electron chi connectivity index (χ0n) is 11.8. The Morgan fingerprint density at radius 1 is 0.750 bits per heavy atom. The van der Waals surface area contributed by atoms with Gasteiger partial charge in [-0.05, 0) is 42.9 Å². The van der Waals surface area contributed by atoms with Crippen LogP contribution >= 0.6 is 0 Å².